The highest BCUT2D eigenvalue weighted by molar-refractivity contribution is 8.00. The van der Waals surface area contributed by atoms with E-state index < -0.39 is 10.0 Å². The van der Waals surface area contributed by atoms with Crippen LogP contribution in [-0.2, 0) is 14.8 Å². The Morgan fingerprint density at radius 2 is 1.61 bits per heavy atom. The average molecular weight is 465 g/mol. The van der Waals surface area contributed by atoms with Crippen molar-refractivity contribution >= 4 is 27.7 Å². The summed E-state index contributed by atoms with van der Waals surface area (Å²) in [7, 11) is -0.711. The fraction of sp³-hybridized carbons (Fsp3) is 0.409. The Bertz CT molecular complexity index is 1050. The molecule has 0 spiro atoms. The molecule has 1 fully saturated rings. The van der Waals surface area contributed by atoms with E-state index >= 15 is 0 Å². The number of ether oxygens (including phenoxy) is 2. The maximum absolute atomic E-state index is 13.0. The summed E-state index contributed by atoms with van der Waals surface area (Å²) in [6, 6.07) is 10.7. The first-order chi connectivity index (χ1) is 14.8. The molecule has 0 aromatic heterocycles. The summed E-state index contributed by atoms with van der Waals surface area (Å²) in [4.78, 5) is 15.6. The highest BCUT2D eigenvalue weighted by atomic mass is 32.2. The second-order valence-electron chi connectivity index (χ2n) is 7.34. The normalized spacial score (nSPS) is 15.0. The molecule has 7 nitrogen and oxygen atoms in total. The molecule has 31 heavy (non-hydrogen) atoms. The van der Waals surface area contributed by atoms with Gasteiger partial charge >= 0.3 is 0 Å². The summed E-state index contributed by atoms with van der Waals surface area (Å²) >= 11 is 1.51. The van der Waals surface area contributed by atoms with Crippen molar-refractivity contribution in [2.45, 2.75) is 23.6 Å². The number of hydrogen-bond donors (Lipinski definition) is 0. The molecule has 1 saturated heterocycles. The van der Waals surface area contributed by atoms with Crippen molar-refractivity contribution in [2.24, 2.45) is 0 Å². The van der Waals surface area contributed by atoms with E-state index in [2.05, 4.69) is 26.0 Å². The molecule has 0 unspecified atom stereocenters. The van der Waals surface area contributed by atoms with E-state index in [4.69, 9.17) is 9.47 Å². The van der Waals surface area contributed by atoms with E-state index in [1.807, 2.05) is 6.07 Å². The molecule has 1 aliphatic heterocycles. The lowest BCUT2D eigenvalue weighted by Crippen LogP contribution is -2.50. The van der Waals surface area contributed by atoms with Crippen LogP contribution in [0.15, 0.2) is 46.2 Å². The van der Waals surface area contributed by atoms with Crippen LogP contribution in [0.1, 0.15) is 11.1 Å². The van der Waals surface area contributed by atoms with E-state index in [1.54, 1.807) is 11.0 Å². The number of rotatable bonds is 7. The summed E-state index contributed by atoms with van der Waals surface area (Å²) < 4.78 is 37.9. The highest BCUT2D eigenvalue weighted by Crippen LogP contribution is 2.31. The number of piperazine rings is 1. The van der Waals surface area contributed by atoms with Crippen molar-refractivity contribution in [2.75, 3.05) is 46.2 Å². The number of methoxy groups -OCH3 is 2. The lowest BCUT2D eigenvalue weighted by molar-refractivity contribution is -0.129. The van der Waals surface area contributed by atoms with Gasteiger partial charge in [-0.25, -0.2) is 8.42 Å². The molecule has 1 aliphatic rings. The third kappa shape index (κ3) is 5.34. The summed E-state index contributed by atoms with van der Waals surface area (Å²) in [5.41, 5.74) is 2.42. The zero-order valence-corrected chi connectivity index (χ0v) is 19.9. The van der Waals surface area contributed by atoms with E-state index in [0.717, 1.165) is 4.90 Å². The van der Waals surface area contributed by atoms with Crippen LogP contribution in [0.25, 0.3) is 0 Å². The fourth-order valence-corrected chi connectivity index (χ4v) is 5.68. The monoisotopic (exact) mass is 464 g/mol. The van der Waals surface area contributed by atoms with E-state index in [0.29, 0.717) is 30.3 Å². The Morgan fingerprint density at radius 3 is 2.23 bits per heavy atom. The van der Waals surface area contributed by atoms with Crippen molar-refractivity contribution in [3.05, 3.63) is 47.5 Å². The molecule has 0 bridgehead atoms. The number of carbonyl (C=O) groups is 1. The molecule has 9 heteroatoms. The standard InChI is InChI=1S/C22H28N2O5S2/c1-16-5-6-18(13-17(16)2)30-15-22(25)23-9-11-24(12-10-23)31(26,27)19-7-8-20(28-3)21(14-19)29-4/h5-8,13-14H,9-12,15H2,1-4H3. The minimum absolute atomic E-state index is 0.0198. The Hall–Kier alpha value is -2.23. The number of thioether (sulfide) groups is 1. The Labute approximate surface area is 188 Å². The van der Waals surface area contributed by atoms with Gasteiger partial charge in [0, 0.05) is 37.1 Å². The molecule has 1 amide bonds. The van der Waals surface area contributed by atoms with Crippen LogP contribution in [-0.4, -0.2) is 69.7 Å². The van der Waals surface area contributed by atoms with Crippen LogP contribution in [0.3, 0.4) is 0 Å². The molecule has 0 N–H and O–H groups in total. The lowest BCUT2D eigenvalue weighted by atomic mass is 10.1. The average Bonchev–Trinajstić information content (AvgIpc) is 2.79. The zero-order valence-electron chi connectivity index (χ0n) is 18.3. The predicted octanol–water partition coefficient (Wildman–Crippen LogP) is 2.95. The Kier molecular flexibility index (Phi) is 7.51. The van der Waals surface area contributed by atoms with Crippen LogP contribution in [0.4, 0.5) is 0 Å². The maximum Gasteiger partial charge on any atom is 0.243 e. The second kappa shape index (κ2) is 9.93. The summed E-state index contributed by atoms with van der Waals surface area (Å²) in [6.07, 6.45) is 0. The largest absolute Gasteiger partial charge is 0.493 e. The third-order valence-electron chi connectivity index (χ3n) is 5.42. The van der Waals surface area contributed by atoms with E-state index in [-0.39, 0.29) is 23.9 Å². The van der Waals surface area contributed by atoms with Crippen LogP contribution in [0.2, 0.25) is 0 Å². The number of amides is 1. The number of benzene rings is 2. The topological polar surface area (TPSA) is 76.2 Å². The molecule has 168 valence electrons. The van der Waals surface area contributed by atoms with Crippen molar-refractivity contribution < 1.29 is 22.7 Å². The van der Waals surface area contributed by atoms with Crippen molar-refractivity contribution in [3.63, 3.8) is 0 Å². The van der Waals surface area contributed by atoms with Gasteiger partial charge in [0.1, 0.15) is 0 Å². The van der Waals surface area contributed by atoms with E-state index in [1.165, 1.54) is 53.5 Å². The first-order valence-corrected chi connectivity index (χ1v) is 12.4. The van der Waals surface area contributed by atoms with Crippen LogP contribution < -0.4 is 9.47 Å². The molecule has 0 aliphatic carbocycles. The summed E-state index contributed by atoms with van der Waals surface area (Å²) in [6.45, 7) is 5.38. The van der Waals surface area contributed by atoms with Gasteiger partial charge < -0.3 is 14.4 Å². The van der Waals surface area contributed by atoms with Gasteiger partial charge in [-0.3, -0.25) is 4.79 Å². The molecule has 1 heterocycles. The third-order valence-corrected chi connectivity index (χ3v) is 8.30. The van der Waals surface area contributed by atoms with Gasteiger partial charge in [-0.2, -0.15) is 4.31 Å². The molecule has 2 aromatic rings. The number of nitrogens with zero attached hydrogens (tertiary/aromatic N) is 2. The number of hydrogen-bond acceptors (Lipinski definition) is 6. The van der Waals surface area contributed by atoms with Crippen molar-refractivity contribution in [3.8, 4) is 11.5 Å². The molecule has 2 aromatic carbocycles. The van der Waals surface area contributed by atoms with Gasteiger partial charge in [0.15, 0.2) is 11.5 Å². The quantitative estimate of drug-likeness (QED) is 0.587. The first kappa shape index (κ1) is 23.4. The zero-order chi connectivity index (χ0) is 22.6. The minimum atomic E-state index is -3.68. The molecule has 0 radical (unpaired) electrons. The van der Waals surface area contributed by atoms with Gasteiger partial charge in [-0.15, -0.1) is 11.8 Å². The van der Waals surface area contributed by atoms with Crippen LogP contribution >= 0.6 is 11.8 Å². The predicted molar refractivity (Wildman–Crippen MR) is 122 cm³/mol. The fourth-order valence-electron chi connectivity index (χ4n) is 3.34. The van der Waals surface area contributed by atoms with Gasteiger partial charge in [-0.1, -0.05) is 6.07 Å². The number of carbonyl (C=O) groups excluding carboxylic acids is 1. The minimum Gasteiger partial charge on any atom is -0.493 e. The molecular weight excluding hydrogens is 436 g/mol. The van der Waals surface area contributed by atoms with Crippen molar-refractivity contribution in [1.29, 1.82) is 0 Å². The molecule has 0 saturated carbocycles. The summed E-state index contributed by atoms with van der Waals surface area (Å²) in [5, 5.41) is 0. The van der Waals surface area contributed by atoms with Gasteiger partial charge in [0.2, 0.25) is 15.9 Å². The van der Waals surface area contributed by atoms with Crippen molar-refractivity contribution in [1.82, 2.24) is 9.21 Å². The Morgan fingerprint density at radius 1 is 0.935 bits per heavy atom. The lowest BCUT2D eigenvalue weighted by Gasteiger charge is -2.34. The molecule has 0 atom stereocenters. The van der Waals surface area contributed by atoms with Gasteiger partial charge in [-0.05, 0) is 49.2 Å². The van der Waals surface area contributed by atoms with Gasteiger partial charge in [0.25, 0.3) is 0 Å². The molecular formula is C22H28N2O5S2. The SMILES string of the molecule is COc1ccc(S(=O)(=O)N2CCN(C(=O)CSc3ccc(C)c(C)c3)CC2)cc1OC. The van der Waals surface area contributed by atoms with E-state index in [9.17, 15) is 13.2 Å². The first-order valence-electron chi connectivity index (χ1n) is 9.96. The highest BCUT2D eigenvalue weighted by Gasteiger charge is 2.30. The smallest absolute Gasteiger partial charge is 0.243 e. The van der Waals surface area contributed by atoms with Crippen LogP contribution in [0.5, 0.6) is 11.5 Å². The number of aryl methyl sites for hydroxylation is 2. The summed E-state index contributed by atoms with van der Waals surface area (Å²) in [5.74, 6) is 1.19. The second-order valence-corrected chi connectivity index (χ2v) is 10.3. The molecule has 3 rings (SSSR count). The van der Waals surface area contributed by atoms with Gasteiger partial charge in [0.05, 0.1) is 24.9 Å². The maximum atomic E-state index is 13.0. The number of sulfonamides is 1. The van der Waals surface area contributed by atoms with Crippen LogP contribution in [0, 0.1) is 13.8 Å². The Balaban J connectivity index is 1.59.